The minimum Gasteiger partial charge on any atom is -0.474 e. The Morgan fingerprint density at radius 2 is 2.21 bits per heavy atom. The Morgan fingerprint density at radius 1 is 1.47 bits per heavy atom. The number of rotatable bonds is 4. The third-order valence-electron chi connectivity index (χ3n) is 3.70. The fourth-order valence-electron chi connectivity index (χ4n) is 2.54. The Labute approximate surface area is 113 Å². The number of hydrogen-bond donors (Lipinski definition) is 2. The number of aromatic amines is 1. The number of aromatic nitrogens is 2. The molecule has 1 aliphatic carbocycles. The molecule has 0 amide bonds. The summed E-state index contributed by atoms with van der Waals surface area (Å²) in [5.41, 5.74) is 5.63. The summed E-state index contributed by atoms with van der Waals surface area (Å²) in [6, 6.07) is 1.42. The van der Waals surface area contributed by atoms with Gasteiger partial charge in [-0.15, -0.1) is 0 Å². The maximum atomic E-state index is 11.6. The zero-order valence-electron chi connectivity index (χ0n) is 11.7. The Bertz CT molecular complexity index is 470. The molecule has 0 spiro atoms. The van der Waals surface area contributed by atoms with Gasteiger partial charge in [0.2, 0.25) is 5.88 Å². The van der Waals surface area contributed by atoms with Gasteiger partial charge in [0, 0.05) is 11.8 Å². The van der Waals surface area contributed by atoms with Gasteiger partial charge in [-0.05, 0) is 25.8 Å². The normalized spacial score (nSPS) is 23.6. The number of nitrogens with two attached hydrogens (primary N) is 1. The van der Waals surface area contributed by atoms with Crippen molar-refractivity contribution in [3.05, 3.63) is 22.2 Å². The van der Waals surface area contributed by atoms with Crippen LogP contribution in [0.25, 0.3) is 0 Å². The van der Waals surface area contributed by atoms with Crippen molar-refractivity contribution in [2.75, 3.05) is 6.54 Å². The molecule has 1 aliphatic rings. The van der Waals surface area contributed by atoms with Crippen LogP contribution < -0.4 is 16.0 Å². The molecule has 0 bridgehead atoms. The second-order valence-corrected chi connectivity index (χ2v) is 5.56. The third-order valence-corrected chi connectivity index (χ3v) is 3.70. The van der Waals surface area contributed by atoms with E-state index in [2.05, 4.69) is 9.97 Å². The maximum absolute atomic E-state index is 11.6. The van der Waals surface area contributed by atoms with Gasteiger partial charge in [0.15, 0.2) is 0 Å². The standard InChI is InChI=1S/C14H23N3O2/c1-9(2)14-16-12(18)7-13(17-14)19-11-6-4-3-5-10(11)8-15/h7,9-11H,3-6,8,15H2,1-2H3,(H,16,17,18). The Balaban J connectivity index is 2.15. The molecule has 2 unspecified atom stereocenters. The molecule has 19 heavy (non-hydrogen) atoms. The van der Waals surface area contributed by atoms with Crippen molar-refractivity contribution in [2.45, 2.75) is 51.6 Å². The van der Waals surface area contributed by atoms with Crippen LogP contribution in [0.1, 0.15) is 51.3 Å². The zero-order valence-corrected chi connectivity index (χ0v) is 11.7. The van der Waals surface area contributed by atoms with Crippen molar-refractivity contribution in [2.24, 2.45) is 11.7 Å². The van der Waals surface area contributed by atoms with Gasteiger partial charge in [-0.2, -0.15) is 4.98 Å². The highest BCUT2D eigenvalue weighted by molar-refractivity contribution is 5.11. The van der Waals surface area contributed by atoms with Crippen LogP contribution in [-0.2, 0) is 0 Å². The van der Waals surface area contributed by atoms with Gasteiger partial charge in [0.1, 0.15) is 11.9 Å². The summed E-state index contributed by atoms with van der Waals surface area (Å²) in [5.74, 6) is 1.64. The molecule has 5 nitrogen and oxygen atoms in total. The van der Waals surface area contributed by atoms with E-state index in [4.69, 9.17) is 10.5 Å². The molecule has 1 aromatic heterocycles. The van der Waals surface area contributed by atoms with E-state index in [1.54, 1.807) is 0 Å². The van der Waals surface area contributed by atoms with Crippen molar-refractivity contribution in [1.29, 1.82) is 0 Å². The van der Waals surface area contributed by atoms with Crippen LogP contribution in [-0.4, -0.2) is 22.6 Å². The first kappa shape index (κ1) is 14.1. The maximum Gasteiger partial charge on any atom is 0.254 e. The number of ether oxygens (including phenoxy) is 1. The Morgan fingerprint density at radius 3 is 2.89 bits per heavy atom. The highest BCUT2D eigenvalue weighted by atomic mass is 16.5. The second-order valence-electron chi connectivity index (χ2n) is 5.56. The molecule has 1 heterocycles. The SMILES string of the molecule is CC(C)c1nc(OC2CCCCC2CN)cc(=O)[nH]1. The monoisotopic (exact) mass is 265 g/mol. The van der Waals surface area contributed by atoms with Gasteiger partial charge in [0.25, 0.3) is 5.56 Å². The minimum absolute atomic E-state index is 0.0908. The molecular formula is C14H23N3O2. The molecular weight excluding hydrogens is 242 g/mol. The predicted molar refractivity (Wildman–Crippen MR) is 74.4 cm³/mol. The van der Waals surface area contributed by atoms with Crippen molar-refractivity contribution < 1.29 is 4.74 Å². The van der Waals surface area contributed by atoms with E-state index in [-0.39, 0.29) is 17.6 Å². The Hall–Kier alpha value is -1.36. The predicted octanol–water partition coefficient (Wildman–Crippen LogP) is 1.79. The largest absolute Gasteiger partial charge is 0.474 e. The van der Waals surface area contributed by atoms with E-state index < -0.39 is 0 Å². The van der Waals surface area contributed by atoms with Gasteiger partial charge >= 0.3 is 0 Å². The lowest BCUT2D eigenvalue weighted by atomic mass is 9.86. The third kappa shape index (κ3) is 3.56. The van der Waals surface area contributed by atoms with Crippen LogP contribution in [0, 0.1) is 5.92 Å². The summed E-state index contributed by atoms with van der Waals surface area (Å²) in [7, 11) is 0. The summed E-state index contributed by atoms with van der Waals surface area (Å²) < 4.78 is 5.92. The van der Waals surface area contributed by atoms with E-state index in [9.17, 15) is 4.79 Å². The van der Waals surface area contributed by atoms with Crippen molar-refractivity contribution >= 4 is 0 Å². The number of hydrogen-bond acceptors (Lipinski definition) is 4. The number of nitrogens with one attached hydrogen (secondary N) is 1. The summed E-state index contributed by atoms with van der Waals surface area (Å²) in [6.07, 6.45) is 4.55. The van der Waals surface area contributed by atoms with Crippen molar-refractivity contribution in [1.82, 2.24) is 9.97 Å². The molecule has 1 aromatic rings. The van der Waals surface area contributed by atoms with Gasteiger partial charge in [-0.25, -0.2) is 0 Å². The molecule has 2 rings (SSSR count). The van der Waals surface area contributed by atoms with Crippen LogP contribution in [0.2, 0.25) is 0 Å². The van der Waals surface area contributed by atoms with Crippen LogP contribution in [0.5, 0.6) is 5.88 Å². The summed E-state index contributed by atoms with van der Waals surface area (Å²) in [4.78, 5) is 18.7. The van der Waals surface area contributed by atoms with Crippen LogP contribution in [0.4, 0.5) is 0 Å². The summed E-state index contributed by atoms with van der Waals surface area (Å²) in [6.45, 7) is 4.61. The zero-order chi connectivity index (χ0) is 13.8. The van der Waals surface area contributed by atoms with Gasteiger partial charge < -0.3 is 15.5 Å². The average molecular weight is 265 g/mol. The Kier molecular flexibility index (Phi) is 4.58. The fraction of sp³-hybridized carbons (Fsp3) is 0.714. The van der Waals surface area contributed by atoms with E-state index >= 15 is 0 Å². The molecule has 3 N–H and O–H groups in total. The lowest BCUT2D eigenvalue weighted by Gasteiger charge is -2.30. The first-order valence-electron chi connectivity index (χ1n) is 7.08. The first-order valence-corrected chi connectivity index (χ1v) is 7.08. The van der Waals surface area contributed by atoms with E-state index in [1.165, 1.54) is 12.5 Å². The van der Waals surface area contributed by atoms with E-state index in [0.29, 0.717) is 24.2 Å². The molecule has 106 valence electrons. The van der Waals surface area contributed by atoms with E-state index in [0.717, 1.165) is 19.3 Å². The highest BCUT2D eigenvalue weighted by Crippen LogP contribution is 2.27. The summed E-state index contributed by atoms with van der Waals surface area (Å²) >= 11 is 0. The first-order chi connectivity index (χ1) is 9.10. The highest BCUT2D eigenvalue weighted by Gasteiger charge is 2.26. The molecule has 0 aromatic carbocycles. The molecule has 1 fully saturated rings. The average Bonchev–Trinajstić information content (AvgIpc) is 2.38. The molecule has 5 heteroatoms. The molecule has 0 aliphatic heterocycles. The van der Waals surface area contributed by atoms with Gasteiger partial charge in [-0.1, -0.05) is 20.3 Å². The van der Waals surface area contributed by atoms with E-state index in [1.807, 2.05) is 13.8 Å². The molecule has 1 saturated carbocycles. The molecule has 2 atom stereocenters. The van der Waals surface area contributed by atoms with Gasteiger partial charge in [-0.3, -0.25) is 4.79 Å². The second kappa shape index (κ2) is 6.19. The van der Waals surface area contributed by atoms with Gasteiger partial charge in [0.05, 0.1) is 6.07 Å². The lowest BCUT2D eigenvalue weighted by Crippen LogP contribution is -2.35. The molecule has 0 saturated heterocycles. The number of H-pyrrole nitrogens is 1. The van der Waals surface area contributed by atoms with Crippen molar-refractivity contribution in [3.63, 3.8) is 0 Å². The van der Waals surface area contributed by atoms with Crippen LogP contribution in [0.3, 0.4) is 0 Å². The smallest absolute Gasteiger partial charge is 0.254 e. The van der Waals surface area contributed by atoms with Crippen LogP contribution >= 0.6 is 0 Å². The molecule has 0 radical (unpaired) electrons. The quantitative estimate of drug-likeness (QED) is 0.869. The summed E-state index contributed by atoms with van der Waals surface area (Å²) in [5, 5.41) is 0. The lowest BCUT2D eigenvalue weighted by molar-refractivity contribution is 0.0916. The van der Waals surface area contributed by atoms with Crippen LogP contribution in [0.15, 0.2) is 10.9 Å². The van der Waals surface area contributed by atoms with Crippen molar-refractivity contribution in [3.8, 4) is 5.88 Å². The number of nitrogens with zero attached hydrogens (tertiary/aromatic N) is 1. The topological polar surface area (TPSA) is 81.0 Å². The minimum atomic E-state index is -0.159. The fourth-order valence-corrected chi connectivity index (χ4v) is 2.54.